The fraction of sp³-hybridized carbons (Fsp3) is 0.500. The molecule has 0 spiro atoms. The van der Waals surface area contributed by atoms with Crippen molar-refractivity contribution >= 4 is 17.7 Å². The van der Waals surface area contributed by atoms with Crippen LogP contribution in [0.1, 0.15) is 23.2 Å². The van der Waals surface area contributed by atoms with Crippen molar-refractivity contribution in [2.24, 2.45) is 5.92 Å². The molecule has 0 aromatic carbocycles. The van der Waals surface area contributed by atoms with Crippen molar-refractivity contribution < 1.29 is 9.90 Å². The minimum atomic E-state index is -0.161. The third-order valence-electron chi connectivity index (χ3n) is 2.88. The molecule has 1 aromatic heterocycles. The van der Waals surface area contributed by atoms with E-state index in [0.29, 0.717) is 11.5 Å². The van der Waals surface area contributed by atoms with Crippen molar-refractivity contribution in [3.63, 3.8) is 0 Å². The molecule has 1 aromatic rings. The molecule has 2 N–H and O–H groups in total. The molecular formula is C12H16N2O2S. The highest BCUT2D eigenvalue weighted by Crippen LogP contribution is 2.21. The van der Waals surface area contributed by atoms with Gasteiger partial charge in [0.05, 0.1) is 11.8 Å². The van der Waals surface area contributed by atoms with E-state index in [0.717, 1.165) is 6.54 Å². The number of nitrogens with zero attached hydrogens (tertiary/aromatic N) is 1. The molecule has 5 heteroatoms. The molecule has 0 bridgehead atoms. The number of pyridine rings is 1. The van der Waals surface area contributed by atoms with Crippen LogP contribution < -0.4 is 5.32 Å². The molecular weight excluding hydrogens is 236 g/mol. The van der Waals surface area contributed by atoms with Crippen LogP contribution in [0.4, 0.5) is 0 Å². The molecule has 1 aliphatic heterocycles. The summed E-state index contributed by atoms with van der Waals surface area (Å²) < 4.78 is 0. The van der Waals surface area contributed by atoms with Crippen LogP contribution in [-0.4, -0.2) is 34.0 Å². The van der Waals surface area contributed by atoms with Gasteiger partial charge in [0.15, 0.2) is 0 Å². The van der Waals surface area contributed by atoms with Crippen LogP contribution in [0.15, 0.2) is 18.5 Å². The Morgan fingerprint density at radius 3 is 2.94 bits per heavy atom. The van der Waals surface area contributed by atoms with Gasteiger partial charge in [0, 0.05) is 12.7 Å². The molecule has 2 rings (SSSR count). The van der Waals surface area contributed by atoms with Gasteiger partial charge in [-0.2, -0.15) is 11.8 Å². The second-order valence-electron chi connectivity index (χ2n) is 4.20. The number of hydrogen-bond acceptors (Lipinski definition) is 4. The number of nitrogens with one attached hydrogen (secondary N) is 1. The summed E-state index contributed by atoms with van der Waals surface area (Å²) in [4.78, 5) is 15.6. The smallest absolute Gasteiger partial charge is 0.252 e. The molecule has 1 aliphatic rings. The van der Waals surface area contributed by atoms with Gasteiger partial charge in [0.25, 0.3) is 5.91 Å². The number of thioether (sulfide) groups is 1. The highest BCUT2D eigenvalue weighted by Gasteiger charge is 2.15. The Hall–Kier alpha value is -1.23. The second-order valence-corrected chi connectivity index (χ2v) is 5.42. The van der Waals surface area contributed by atoms with E-state index in [9.17, 15) is 9.90 Å². The van der Waals surface area contributed by atoms with Gasteiger partial charge in [-0.15, -0.1) is 0 Å². The van der Waals surface area contributed by atoms with Gasteiger partial charge >= 0.3 is 0 Å². The lowest BCUT2D eigenvalue weighted by Gasteiger charge is -2.21. The van der Waals surface area contributed by atoms with Crippen LogP contribution in [0.5, 0.6) is 5.75 Å². The normalized spacial score (nSPS) is 16.7. The minimum absolute atomic E-state index is 0.0201. The lowest BCUT2D eigenvalue weighted by atomic mass is 10.0. The molecule has 0 unspecified atom stereocenters. The van der Waals surface area contributed by atoms with Gasteiger partial charge in [0.1, 0.15) is 5.75 Å². The molecule has 92 valence electrons. The first-order chi connectivity index (χ1) is 8.25. The fourth-order valence-corrected chi connectivity index (χ4v) is 3.05. The van der Waals surface area contributed by atoms with Crippen molar-refractivity contribution in [2.75, 3.05) is 18.1 Å². The third-order valence-corrected chi connectivity index (χ3v) is 3.93. The van der Waals surface area contributed by atoms with E-state index in [2.05, 4.69) is 10.3 Å². The van der Waals surface area contributed by atoms with Crippen molar-refractivity contribution in [1.82, 2.24) is 10.3 Å². The molecule has 0 atom stereocenters. The Labute approximate surface area is 105 Å². The van der Waals surface area contributed by atoms with Gasteiger partial charge in [0.2, 0.25) is 0 Å². The first kappa shape index (κ1) is 12.2. The molecule has 1 fully saturated rings. The van der Waals surface area contributed by atoms with Crippen molar-refractivity contribution in [1.29, 1.82) is 0 Å². The molecule has 0 radical (unpaired) electrons. The van der Waals surface area contributed by atoms with Crippen LogP contribution in [0.2, 0.25) is 0 Å². The molecule has 0 saturated carbocycles. The molecule has 2 heterocycles. The van der Waals surface area contributed by atoms with Crippen LogP contribution in [0.25, 0.3) is 0 Å². The summed E-state index contributed by atoms with van der Waals surface area (Å²) in [6.45, 7) is 0.717. The quantitative estimate of drug-likeness (QED) is 0.859. The first-order valence-corrected chi connectivity index (χ1v) is 6.91. The summed E-state index contributed by atoms with van der Waals surface area (Å²) >= 11 is 1.98. The van der Waals surface area contributed by atoms with E-state index in [1.807, 2.05) is 11.8 Å². The predicted molar refractivity (Wildman–Crippen MR) is 68.3 cm³/mol. The number of hydrogen-bond donors (Lipinski definition) is 2. The molecule has 0 aliphatic carbocycles. The molecule has 4 nitrogen and oxygen atoms in total. The summed E-state index contributed by atoms with van der Waals surface area (Å²) in [5, 5.41) is 12.1. The van der Waals surface area contributed by atoms with E-state index >= 15 is 0 Å². The van der Waals surface area contributed by atoms with E-state index in [-0.39, 0.29) is 11.7 Å². The van der Waals surface area contributed by atoms with E-state index in [1.54, 1.807) is 0 Å². The van der Waals surface area contributed by atoms with Crippen molar-refractivity contribution in [3.8, 4) is 5.75 Å². The largest absolute Gasteiger partial charge is 0.506 e. The van der Waals surface area contributed by atoms with Crippen LogP contribution in [0, 0.1) is 5.92 Å². The zero-order valence-corrected chi connectivity index (χ0v) is 10.4. The van der Waals surface area contributed by atoms with E-state index < -0.39 is 0 Å². The molecule has 17 heavy (non-hydrogen) atoms. The zero-order valence-electron chi connectivity index (χ0n) is 9.56. The summed E-state index contributed by atoms with van der Waals surface area (Å²) in [7, 11) is 0. The number of carbonyl (C=O) groups is 1. The monoisotopic (exact) mass is 252 g/mol. The Balaban J connectivity index is 1.84. The lowest BCUT2D eigenvalue weighted by Crippen LogP contribution is -2.31. The van der Waals surface area contributed by atoms with Crippen LogP contribution in [-0.2, 0) is 0 Å². The maximum Gasteiger partial charge on any atom is 0.252 e. The minimum Gasteiger partial charge on any atom is -0.506 e. The summed E-state index contributed by atoms with van der Waals surface area (Å²) in [5.74, 6) is 2.83. The Morgan fingerprint density at radius 1 is 1.47 bits per heavy atom. The number of carbonyl (C=O) groups excluding carboxylic acids is 1. The average molecular weight is 252 g/mol. The molecule has 1 amide bonds. The topological polar surface area (TPSA) is 62.2 Å². The van der Waals surface area contributed by atoms with E-state index in [1.165, 1.54) is 42.8 Å². The predicted octanol–water partition coefficient (Wildman–Crippen LogP) is 1.66. The van der Waals surface area contributed by atoms with Crippen molar-refractivity contribution in [3.05, 3.63) is 24.0 Å². The Bertz CT molecular complexity index is 392. The van der Waals surface area contributed by atoms with Gasteiger partial charge in [-0.1, -0.05) is 0 Å². The van der Waals surface area contributed by atoms with Gasteiger partial charge in [-0.3, -0.25) is 9.78 Å². The summed E-state index contributed by atoms with van der Waals surface area (Å²) in [5.41, 5.74) is 0.412. The Morgan fingerprint density at radius 2 is 2.24 bits per heavy atom. The maximum absolute atomic E-state index is 11.8. The Kier molecular flexibility index (Phi) is 4.25. The van der Waals surface area contributed by atoms with Crippen LogP contribution in [0.3, 0.4) is 0 Å². The summed E-state index contributed by atoms with van der Waals surface area (Å²) in [6, 6.07) is 1.43. The third kappa shape index (κ3) is 3.63. The molecule has 1 saturated heterocycles. The first-order valence-electron chi connectivity index (χ1n) is 5.75. The summed E-state index contributed by atoms with van der Waals surface area (Å²) in [6.07, 6.45) is 5.12. The van der Waals surface area contributed by atoms with E-state index in [4.69, 9.17) is 0 Å². The highest BCUT2D eigenvalue weighted by molar-refractivity contribution is 7.99. The second kappa shape index (κ2) is 5.91. The van der Waals surface area contributed by atoms with Gasteiger partial charge in [-0.25, -0.2) is 0 Å². The zero-order chi connectivity index (χ0) is 12.1. The maximum atomic E-state index is 11.8. The standard InChI is InChI=1S/C12H16N2O2S/c15-11-5-10(7-13-8-11)12(16)14-6-9-1-3-17-4-2-9/h5,7-9,15H,1-4,6H2,(H,14,16). The number of aromatic hydroxyl groups is 1. The fourth-order valence-electron chi connectivity index (χ4n) is 1.84. The average Bonchev–Trinajstić information content (AvgIpc) is 2.37. The highest BCUT2D eigenvalue weighted by atomic mass is 32.2. The lowest BCUT2D eigenvalue weighted by molar-refractivity contribution is 0.0945. The van der Waals surface area contributed by atoms with Crippen LogP contribution >= 0.6 is 11.8 Å². The SMILES string of the molecule is O=C(NCC1CCSCC1)c1cncc(O)c1. The van der Waals surface area contributed by atoms with Gasteiger partial charge in [-0.05, 0) is 36.3 Å². The van der Waals surface area contributed by atoms with Crippen molar-refractivity contribution in [2.45, 2.75) is 12.8 Å². The number of aromatic nitrogens is 1. The number of amides is 1. The number of rotatable bonds is 3. The van der Waals surface area contributed by atoms with Gasteiger partial charge < -0.3 is 10.4 Å².